The molecule has 0 bridgehead atoms. The van der Waals surface area contributed by atoms with E-state index in [4.69, 9.17) is 10.5 Å². The molecule has 1 heterocycles. The predicted molar refractivity (Wildman–Crippen MR) is 57.2 cm³/mol. The topological polar surface area (TPSA) is 55.5 Å². The fourth-order valence-corrected chi connectivity index (χ4v) is 2.02. The number of hydrogen-bond donors (Lipinski definition) is 2. The summed E-state index contributed by atoms with van der Waals surface area (Å²) in [5.74, 6) is 0.774. The molecule has 1 aromatic carbocycles. The van der Waals surface area contributed by atoms with Gasteiger partial charge in [-0.05, 0) is 18.2 Å². The van der Waals surface area contributed by atoms with Gasteiger partial charge in [-0.1, -0.05) is 15.9 Å². The summed E-state index contributed by atoms with van der Waals surface area (Å²) in [6.07, 6.45) is 0.646. The Morgan fingerprint density at radius 3 is 3.07 bits per heavy atom. The van der Waals surface area contributed by atoms with Gasteiger partial charge in [-0.15, -0.1) is 0 Å². The predicted octanol–water partition coefficient (Wildman–Crippen LogP) is 1.38. The Morgan fingerprint density at radius 1 is 1.57 bits per heavy atom. The van der Waals surface area contributed by atoms with E-state index in [2.05, 4.69) is 15.9 Å². The highest BCUT2D eigenvalue weighted by molar-refractivity contribution is 9.10. The van der Waals surface area contributed by atoms with Crippen LogP contribution >= 0.6 is 15.9 Å². The number of ether oxygens (including phenoxy) is 1. The number of aliphatic hydroxyl groups is 1. The van der Waals surface area contributed by atoms with Crippen molar-refractivity contribution >= 4 is 15.9 Å². The highest BCUT2D eigenvalue weighted by atomic mass is 79.9. The molecule has 0 aromatic heterocycles. The van der Waals surface area contributed by atoms with Crippen LogP contribution in [0.25, 0.3) is 0 Å². The molecule has 1 unspecified atom stereocenters. The molecule has 3 N–H and O–H groups in total. The van der Waals surface area contributed by atoms with Crippen molar-refractivity contribution in [2.24, 2.45) is 5.73 Å². The maximum Gasteiger partial charge on any atom is 0.124 e. The normalized spacial score (nSPS) is 25.4. The Hall–Kier alpha value is -0.580. The van der Waals surface area contributed by atoms with E-state index >= 15 is 0 Å². The molecule has 0 amide bonds. The van der Waals surface area contributed by atoms with Crippen LogP contribution in [0.5, 0.6) is 5.75 Å². The summed E-state index contributed by atoms with van der Waals surface area (Å²) in [7, 11) is 0. The molecule has 0 fully saturated rings. The standard InChI is InChI=1S/C10H12BrNO2/c11-7-1-2-9-8(5-7)10(12,6-13)3-4-14-9/h1-2,5,13H,3-4,6,12H2. The van der Waals surface area contributed by atoms with Crippen LogP contribution in [0.3, 0.4) is 0 Å². The Kier molecular flexibility index (Phi) is 2.51. The second-order valence-electron chi connectivity index (χ2n) is 3.55. The number of nitrogens with two attached hydrogens (primary N) is 1. The van der Waals surface area contributed by atoms with Crippen molar-refractivity contribution in [2.45, 2.75) is 12.0 Å². The van der Waals surface area contributed by atoms with Gasteiger partial charge in [0.2, 0.25) is 0 Å². The van der Waals surface area contributed by atoms with E-state index in [1.54, 1.807) is 0 Å². The molecule has 0 radical (unpaired) electrons. The monoisotopic (exact) mass is 257 g/mol. The fourth-order valence-electron chi connectivity index (χ4n) is 1.66. The lowest BCUT2D eigenvalue weighted by Crippen LogP contribution is -2.44. The van der Waals surface area contributed by atoms with Gasteiger partial charge < -0.3 is 15.6 Å². The first-order chi connectivity index (χ1) is 6.65. The van der Waals surface area contributed by atoms with E-state index in [1.165, 1.54) is 0 Å². The van der Waals surface area contributed by atoms with Crippen LogP contribution in [0.4, 0.5) is 0 Å². The summed E-state index contributed by atoms with van der Waals surface area (Å²) >= 11 is 3.38. The van der Waals surface area contributed by atoms with Gasteiger partial charge in [0.25, 0.3) is 0 Å². The van der Waals surface area contributed by atoms with Gasteiger partial charge in [0.05, 0.1) is 18.8 Å². The number of benzene rings is 1. The minimum Gasteiger partial charge on any atom is -0.493 e. The number of halogens is 1. The second-order valence-corrected chi connectivity index (χ2v) is 4.47. The lowest BCUT2D eigenvalue weighted by Gasteiger charge is -2.34. The van der Waals surface area contributed by atoms with E-state index in [0.717, 1.165) is 15.8 Å². The Bertz CT molecular complexity index is 356. The van der Waals surface area contributed by atoms with Crippen LogP contribution in [-0.4, -0.2) is 18.3 Å². The van der Waals surface area contributed by atoms with E-state index in [1.807, 2.05) is 18.2 Å². The van der Waals surface area contributed by atoms with Crippen LogP contribution in [0.1, 0.15) is 12.0 Å². The van der Waals surface area contributed by atoms with Crippen molar-refractivity contribution in [1.82, 2.24) is 0 Å². The summed E-state index contributed by atoms with van der Waals surface area (Å²) in [4.78, 5) is 0. The zero-order chi connectivity index (χ0) is 10.2. The van der Waals surface area contributed by atoms with E-state index in [9.17, 15) is 5.11 Å². The zero-order valence-electron chi connectivity index (χ0n) is 7.66. The summed E-state index contributed by atoms with van der Waals surface area (Å²) in [6.45, 7) is 0.505. The van der Waals surface area contributed by atoms with Gasteiger partial charge in [-0.2, -0.15) is 0 Å². The molecule has 1 aromatic rings. The van der Waals surface area contributed by atoms with Crippen molar-refractivity contribution in [2.75, 3.05) is 13.2 Å². The van der Waals surface area contributed by atoms with Gasteiger partial charge in [0.1, 0.15) is 5.75 Å². The molecule has 1 aliphatic rings. The Balaban J connectivity index is 2.52. The van der Waals surface area contributed by atoms with Crippen LogP contribution in [0.15, 0.2) is 22.7 Å². The molecule has 1 atom stereocenters. The smallest absolute Gasteiger partial charge is 0.124 e. The SMILES string of the molecule is NC1(CO)CCOc2ccc(Br)cc21. The Morgan fingerprint density at radius 2 is 2.36 bits per heavy atom. The third kappa shape index (κ3) is 1.54. The van der Waals surface area contributed by atoms with Crippen LogP contribution < -0.4 is 10.5 Å². The van der Waals surface area contributed by atoms with Crippen molar-refractivity contribution in [3.8, 4) is 5.75 Å². The molecular weight excluding hydrogens is 246 g/mol. The molecule has 1 aliphatic heterocycles. The molecule has 76 valence electrons. The number of hydrogen-bond acceptors (Lipinski definition) is 3. The van der Waals surface area contributed by atoms with Crippen molar-refractivity contribution in [1.29, 1.82) is 0 Å². The fraction of sp³-hybridized carbons (Fsp3) is 0.400. The van der Waals surface area contributed by atoms with Crippen LogP contribution in [-0.2, 0) is 5.54 Å². The first kappa shape index (κ1) is 9.96. The summed E-state index contributed by atoms with van der Waals surface area (Å²) in [6, 6.07) is 5.68. The molecule has 0 aliphatic carbocycles. The average Bonchev–Trinajstić information content (AvgIpc) is 2.20. The van der Waals surface area contributed by atoms with Crippen molar-refractivity contribution in [3.63, 3.8) is 0 Å². The maximum atomic E-state index is 9.29. The molecule has 2 rings (SSSR count). The second kappa shape index (κ2) is 3.53. The number of aliphatic hydroxyl groups excluding tert-OH is 1. The number of fused-ring (bicyclic) bond motifs is 1. The van der Waals surface area contributed by atoms with E-state index < -0.39 is 5.54 Å². The van der Waals surface area contributed by atoms with Crippen molar-refractivity contribution < 1.29 is 9.84 Å². The first-order valence-corrected chi connectivity index (χ1v) is 5.27. The maximum absolute atomic E-state index is 9.29. The highest BCUT2D eigenvalue weighted by Crippen LogP contribution is 2.36. The van der Waals surface area contributed by atoms with Crippen LogP contribution in [0.2, 0.25) is 0 Å². The van der Waals surface area contributed by atoms with Gasteiger partial charge in [-0.25, -0.2) is 0 Å². The molecule has 0 saturated heterocycles. The molecular formula is C10H12BrNO2. The van der Waals surface area contributed by atoms with Crippen molar-refractivity contribution in [3.05, 3.63) is 28.2 Å². The summed E-state index contributed by atoms with van der Waals surface area (Å²) in [5.41, 5.74) is 6.31. The quantitative estimate of drug-likeness (QED) is 0.800. The minimum absolute atomic E-state index is 0.0557. The molecule has 4 heteroatoms. The number of rotatable bonds is 1. The molecule has 3 nitrogen and oxygen atoms in total. The average molecular weight is 258 g/mol. The van der Waals surface area contributed by atoms with Gasteiger partial charge in [0, 0.05) is 16.5 Å². The first-order valence-electron chi connectivity index (χ1n) is 4.48. The Labute approximate surface area is 91.0 Å². The van der Waals surface area contributed by atoms with Crippen LogP contribution in [0, 0.1) is 0 Å². The van der Waals surface area contributed by atoms with E-state index in [0.29, 0.717) is 13.0 Å². The lowest BCUT2D eigenvalue weighted by molar-refractivity contribution is 0.138. The van der Waals surface area contributed by atoms with Gasteiger partial charge >= 0.3 is 0 Å². The van der Waals surface area contributed by atoms with E-state index in [-0.39, 0.29) is 6.61 Å². The largest absolute Gasteiger partial charge is 0.493 e. The van der Waals surface area contributed by atoms with Gasteiger partial charge in [0.15, 0.2) is 0 Å². The lowest BCUT2D eigenvalue weighted by atomic mass is 9.86. The molecule has 0 spiro atoms. The highest BCUT2D eigenvalue weighted by Gasteiger charge is 2.33. The molecule has 0 saturated carbocycles. The van der Waals surface area contributed by atoms with Gasteiger partial charge in [-0.3, -0.25) is 0 Å². The summed E-state index contributed by atoms with van der Waals surface area (Å²) < 4.78 is 6.41. The molecule has 14 heavy (non-hydrogen) atoms. The summed E-state index contributed by atoms with van der Waals surface area (Å²) in [5, 5.41) is 9.29. The third-order valence-electron chi connectivity index (χ3n) is 2.57. The minimum atomic E-state index is -0.655. The zero-order valence-corrected chi connectivity index (χ0v) is 9.25. The third-order valence-corrected chi connectivity index (χ3v) is 3.06.